The van der Waals surface area contributed by atoms with Crippen molar-refractivity contribution in [3.8, 4) is 5.75 Å². The van der Waals surface area contributed by atoms with Crippen LogP contribution in [0.1, 0.15) is 25.3 Å². The second kappa shape index (κ2) is 6.03. The molecule has 1 heterocycles. The molecule has 1 aromatic carbocycles. The quantitative estimate of drug-likeness (QED) is 0.869. The zero-order chi connectivity index (χ0) is 12.1. The lowest BCUT2D eigenvalue weighted by Gasteiger charge is -2.28. The lowest BCUT2D eigenvalue weighted by Crippen LogP contribution is -2.40. The van der Waals surface area contributed by atoms with Crippen LogP contribution in [0.3, 0.4) is 0 Å². The summed E-state index contributed by atoms with van der Waals surface area (Å²) in [5.74, 6) is 0.957. The van der Waals surface area contributed by atoms with Gasteiger partial charge in [0.25, 0.3) is 0 Å². The van der Waals surface area contributed by atoms with Crippen molar-refractivity contribution in [1.29, 1.82) is 0 Å². The minimum Gasteiger partial charge on any atom is -0.490 e. The van der Waals surface area contributed by atoms with Gasteiger partial charge in [0.05, 0.1) is 6.61 Å². The number of methoxy groups -OCH3 is 1. The summed E-state index contributed by atoms with van der Waals surface area (Å²) in [5.41, 5.74) is 1.16. The van der Waals surface area contributed by atoms with Crippen molar-refractivity contribution < 1.29 is 9.47 Å². The van der Waals surface area contributed by atoms with Crippen molar-refractivity contribution in [2.75, 3.05) is 13.7 Å². The maximum absolute atomic E-state index is 6.02. The van der Waals surface area contributed by atoms with E-state index in [0.29, 0.717) is 18.8 Å². The first-order valence-corrected chi connectivity index (χ1v) is 6.26. The van der Waals surface area contributed by atoms with Crippen molar-refractivity contribution in [1.82, 2.24) is 5.32 Å². The highest BCUT2D eigenvalue weighted by Gasteiger charge is 2.19. The Morgan fingerprint density at radius 2 is 2.29 bits per heavy atom. The highest BCUT2D eigenvalue weighted by Crippen LogP contribution is 2.20. The van der Waals surface area contributed by atoms with Gasteiger partial charge in [0.2, 0.25) is 0 Å². The molecule has 3 nitrogen and oxygen atoms in total. The highest BCUT2D eigenvalue weighted by atomic mass is 16.5. The maximum Gasteiger partial charge on any atom is 0.120 e. The predicted molar refractivity (Wildman–Crippen MR) is 68.3 cm³/mol. The van der Waals surface area contributed by atoms with E-state index in [-0.39, 0.29) is 0 Å². The molecule has 94 valence electrons. The Balaban J connectivity index is 1.95. The molecule has 1 fully saturated rings. The van der Waals surface area contributed by atoms with E-state index in [0.717, 1.165) is 30.7 Å². The van der Waals surface area contributed by atoms with E-state index in [9.17, 15) is 0 Å². The van der Waals surface area contributed by atoms with Gasteiger partial charge in [-0.1, -0.05) is 12.1 Å². The topological polar surface area (TPSA) is 30.5 Å². The highest BCUT2D eigenvalue weighted by molar-refractivity contribution is 5.28. The van der Waals surface area contributed by atoms with Crippen LogP contribution in [0, 0.1) is 0 Å². The van der Waals surface area contributed by atoms with Gasteiger partial charge in [-0.25, -0.2) is 0 Å². The minimum absolute atomic E-state index is 0.337. The van der Waals surface area contributed by atoms with Crippen molar-refractivity contribution >= 4 is 0 Å². The lowest BCUT2D eigenvalue weighted by atomic mass is 10.0. The second-order valence-electron chi connectivity index (χ2n) is 4.70. The number of ether oxygens (including phenoxy) is 2. The molecule has 1 aromatic rings. The normalized spacial score (nSPS) is 24.6. The average molecular weight is 235 g/mol. The maximum atomic E-state index is 6.02. The van der Waals surface area contributed by atoms with E-state index in [1.54, 1.807) is 7.11 Å². The summed E-state index contributed by atoms with van der Waals surface area (Å²) in [6.45, 7) is 3.89. The minimum atomic E-state index is 0.337. The summed E-state index contributed by atoms with van der Waals surface area (Å²) in [6.07, 6.45) is 2.50. The van der Waals surface area contributed by atoms with Gasteiger partial charge in [0.1, 0.15) is 11.9 Å². The van der Waals surface area contributed by atoms with Crippen LogP contribution >= 0.6 is 0 Å². The fraction of sp³-hybridized carbons (Fsp3) is 0.571. The van der Waals surface area contributed by atoms with Crippen LogP contribution < -0.4 is 10.1 Å². The van der Waals surface area contributed by atoms with Crippen molar-refractivity contribution in [3.63, 3.8) is 0 Å². The second-order valence-corrected chi connectivity index (χ2v) is 4.70. The monoisotopic (exact) mass is 235 g/mol. The molecule has 0 saturated carbocycles. The van der Waals surface area contributed by atoms with Gasteiger partial charge in [-0.3, -0.25) is 0 Å². The Kier molecular flexibility index (Phi) is 4.40. The lowest BCUT2D eigenvalue weighted by molar-refractivity contribution is 0.143. The molecular weight excluding hydrogens is 214 g/mol. The van der Waals surface area contributed by atoms with Crippen LogP contribution in [-0.2, 0) is 11.3 Å². The van der Waals surface area contributed by atoms with Gasteiger partial charge < -0.3 is 14.8 Å². The summed E-state index contributed by atoms with van der Waals surface area (Å²) in [6, 6.07) is 8.72. The molecule has 0 bridgehead atoms. The molecule has 2 atom stereocenters. The fourth-order valence-corrected chi connectivity index (χ4v) is 2.26. The van der Waals surface area contributed by atoms with Gasteiger partial charge in [-0.15, -0.1) is 0 Å². The van der Waals surface area contributed by atoms with Crippen LogP contribution in [0.5, 0.6) is 5.75 Å². The van der Waals surface area contributed by atoms with Crippen LogP contribution in [0.25, 0.3) is 0 Å². The predicted octanol–water partition coefficient (Wildman–Crippen LogP) is 2.35. The van der Waals surface area contributed by atoms with Gasteiger partial charge in [0.15, 0.2) is 0 Å². The Hall–Kier alpha value is -1.06. The number of rotatable bonds is 4. The third-order valence-corrected chi connectivity index (χ3v) is 3.09. The van der Waals surface area contributed by atoms with E-state index < -0.39 is 0 Å². The molecule has 3 heteroatoms. The molecule has 0 aliphatic carbocycles. The SMILES string of the molecule is COCc1cccc(OC2CCNC(C)C2)c1. The summed E-state index contributed by atoms with van der Waals surface area (Å²) in [4.78, 5) is 0. The molecule has 1 aliphatic rings. The third-order valence-electron chi connectivity index (χ3n) is 3.09. The molecule has 1 N–H and O–H groups in total. The standard InChI is InChI=1S/C14H21NO2/c1-11-8-14(6-7-15-11)17-13-5-3-4-12(9-13)10-16-2/h3-5,9,11,14-15H,6-8,10H2,1-2H3. The van der Waals surface area contributed by atoms with Gasteiger partial charge in [0, 0.05) is 13.2 Å². The molecule has 2 rings (SSSR count). The Labute approximate surface area is 103 Å². The van der Waals surface area contributed by atoms with Crippen LogP contribution in [0.4, 0.5) is 0 Å². The third kappa shape index (κ3) is 3.72. The van der Waals surface area contributed by atoms with Crippen LogP contribution in [0.2, 0.25) is 0 Å². The van der Waals surface area contributed by atoms with Gasteiger partial charge >= 0.3 is 0 Å². The van der Waals surface area contributed by atoms with Crippen molar-refractivity contribution in [2.45, 2.75) is 38.5 Å². The Bertz CT molecular complexity index is 354. The molecule has 0 spiro atoms. The molecule has 0 aromatic heterocycles. The fourth-order valence-electron chi connectivity index (χ4n) is 2.26. The first kappa shape index (κ1) is 12.4. The van der Waals surface area contributed by atoms with E-state index in [2.05, 4.69) is 24.4 Å². The molecule has 1 saturated heterocycles. The van der Waals surface area contributed by atoms with E-state index >= 15 is 0 Å². The Morgan fingerprint density at radius 1 is 1.41 bits per heavy atom. The largest absolute Gasteiger partial charge is 0.490 e. The summed E-state index contributed by atoms with van der Waals surface area (Å²) in [7, 11) is 1.71. The molecule has 1 aliphatic heterocycles. The zero-order valence-corrected chi connectivity index (χ0v) is 10.6. The van der Waals surface area contributed by atoms with Crippen molar-refractivity contribution in [3.05, 3.63) is 29.8 Å². The van der Waals surface area contributed by atoms with E-state index in [1.807, 2.05) is 12.1 Å². The number of nitrogens with one attached hydrogen (secondary N) is 1. The summed E-state index contributed by atoms with van der Waals surface area (Å²) < 4.78 is 11.1. The number of benzene rings is 1. The zero-order valence-electron chi connectivity index (χ0n) is 10.6. The van der Waals surface area contributed by atoms with Gasteiger partial charge in [-0.05, 0) is 44.0 Å². The first-order valence-electron chi connectivity index (χ1n) is 6.26. The van der Waals surface area contributed by atoms with E-state index in [1.165, 1.54) is 0 Å². The summed E-state index contributed by atoms with van der Waals surface area (Å²) in [5, 5.41) is 3.43. The van der Waals surface area contributed by atoms with Crippen molar-refractivity contribution in [2.24, 2.45) is 0 Å². The number of piperidine rings is 1. The van der Waals surface area contributed by atoms with Gasteiger partial charge in [-0.2, -0.15) is 0 Å². The average Bonchev–Trinajstić information content (AvgIpc) is 2.30. The Morgan fingerprint density at radius 3 is 3.06 bits per heavy atom. The first-order chi connectivity index (χ1) is 8.28. The molecular formula is C14H21NO2. The molecule has 0 amide bonds. The number of hydrogen-bond acceptors (Lipinski definition) is 3. The smallest absolute Gasteiger partial charge is 0.120 e. The molecule has 2 unspecified atom stereocenters. The van der Waals surface area contributed by atoms with E-state index in [4.69, 9.17) is 9.47 Å². The number of hydrogen-bond donors (Lipinski definition) is 1. The van der Waals surface area contributed by atoms with Crippen LogP contribution in [0.15, 0.2) is 24.3 Å². The molecule has 17 heavy (non-hydrogen) atoms. The summed E-state index contributed by atoms with van der Waals surface area (Å²) >= 11 is 0. The molecule has 0 radical (unpaired) electrons. The van der Waals surface area contributed by atoms with Crippen LogP contribution in [-0.4, -0.2) is 25.8 Å².